The second kappa shape index (κ2) is 9.05. The van der Waals surface area contributed by atoms with Crippen LogP contribution < -0.4 is 10.3 Å². The number of pyridine rings is 1. The number of rotatable bonds is 5. The molecule has 1 amide bonds. The zero-order chi connectivity index (χ0) is 23.0. The second-order valence-electron chi connectivity index (χ2n) is 7.74. The first-order valence-electron chi connectivity index (χ1n) is 9.96. The summed E-state index contributed by atoms with van der Waals surface area (Å²) in [6.07, 6.45) is 3.15. The van der Waals surface area contributed by atoms with Crippen molar-refractivity contribution >= 4 is 57.5 Å². The third-order valence-electron chi connectivity index (χ3n) is 4.79. The molecule has 0 saturated carbocycles. The molecule has 4 rings (SSSR count). The molecule has 0 radical (unpaired) electrons. The summed E-state index contributed by atoms with van der Waals surface area (Å²) in [4.78, 5) is 32.9. The van der Waals surface area contributed by atoms with Gasteiger partial charge >= 0.3 is 0 Å². The highest BCUT2D eigenvalue weighted by atomic mass is 35.5. The minimum atomic E-state index is -0.352. The van der Waals surface area contributed by atoms with Gasteiger partial charge in [0.25, 0.3) is 11.5 Å². The Morgan fingerprint density at radius 1 is 1.22 bits per heavy atom. The van der Waals surface area contributed by atoms with Crippen molar-refractivity contribution in [3.05, 3.63) is 74.0 Å². The third kappa shape index (κ3) is 4.30. The highest BCUT2D eigenvalue weighted by Gasteiger charge is 2.33. The van der Waals surface area contributed by atoms with E-state index in [1.54, 1.807) is 41.4 Å². The normalized spacial score (nSPS) is 15.4. The van der Waals surface area contributed by atoms with E-state index in [2.05, 4.69) is 4.98 Å². The molecule has 32 heavy (non-hydrogen) atoms. The standard InChI is InChI=1S/C23H20ClN3O3S2/c1-13(2)12-27-22(29)18(32-23(27)31)11-15-20(30-17-9-5-4-8-16(17)24)25-19-14(3)7-6-10-26(19)21(15)28/h4-11,13H,12H2,1-3H3/b18-11+. The summed E-state index contributed by atoms with van der Waals surface area (Å²) in [6.45, 7) is 6.40. The van der Waals surface area contributed by atoms with Gasteiger partial charge in [0.15, 0.2) is 0 Å². The van der Waals surface area contributed by atoms with Crippen molar-refractivity contribution in [2.45, 2.75) is 20.8 Å². The summed E-state index contributed by atoms with van der Waals surface area (Å²) in [5.41, 5.74) is 1.07. The van der Waals surface area contributed by atoms with Crippen molar-refractivity contribution in [3.8, 4) is 11.6 Å². The number of thiocarbonyl (C=S) groups is 1. The first kappa shape index (κ1) is 22.5. The zero-order valence-corrected chi connectivity index (χ0v) is 20.1. The number of hydrogen-bond donors (Lipinski definition) is 0. The number of para-hydroxylation sites is 1. The van der Waals surface area contributed by atoms with E-state index in [9.17, 15) is 9.59 Å². The highest BCUT2D eigenvalue weighted by molar-refractivity contribution is 8.26. The predicted molar refractivity (Wildman–Crippen MR) is 132 cm³/mol. The Bertz CT molecular complexity index is 1330. The number of nitrogens with zero attached hydrogens (tertiary/aromatic N) is 3. The van der Waals surface area contributed by atoms with Gasteiger partial charge in [-0.2, -0.15) is 4.98 Å². The molecule has 0 aliphatic carbocycles. The Morgan fingerprint density at radius 2 is 1.97 bits per heavy atom. The maximum absolute atomic E-state index is 13.4. The molecule has 0 unspecified atom stereocenters. The second-order valence-corrected chi connectivity index (χ2v) is 9.82. The molecule has 1 aliphatic rings. The van der Waals surface area contributed by atoms with Crippen LogP contribution in [-0.2, 0) is 4.79 Å². The van der Waals surface area contributed by atoms with Gasteiger partial charge in [-0.25, -0.2) is 0 Å². The molecule has 9 heteroatoms. The van der Waals surface area contributed by atoms with Crippen LogP contribution in [0.25, 0.3) is 11.7 Å². The van der Waals surface area contributed by atoms with Crippen molar-refractivity contribution in [2.24, 2.45) is 5.92 Å². The van der Waals surface area contributed by atoms with Crippen LogP contribution in [0.2, 0.25) is 5.02 Å². The van der Waals surface area contributed by atoms with Crippen LogP contribution in [-0.4, -0.2) is 31.1 Å². The Kier molecular flexibility index (Phi) is 6.37. The maximum atomic E-state index is 13.4. The monoisotopic (exact) mass is 485 g/mol. The molecule has 6 nitrogen and oxygen atoms in total. The maximum Gasteiger partial charge on any atom is 0.269 e. The SMILES string of the molecule is Cc1cccn2c(=O)c(/C=C3/SC(=S)N(CC(C)C)C3=O)c(Oc3ccccc3Cl)nc12. The molecule has 2 aromatic heterocycles. The minimum Gasteiger partial charge on any atom is -0.437 e. The first-order chi connectivity index (χ1) is 15.3. The highest BCUT2D eigenvalue weighted by Crippen LogP contribution is 2.35. The molecule has 1 aromatic carbocycles. The quantitative estimate of drug-likeness (QED) is 0.360. The zero-order valence-electron chi connectivity index (χ0n) is 17.7. The van der Waals surface area contributed by atoms with Crippen LogP contribution >= 0.6 is 35.6 Å². The topological polar surface area (TPSA) is 63.9 Å². The number of fused-ring (bicyclic) bond motifs is 1. The summed E-state index contributed by atoms with van der Waals surface area (Å²) in [6, 6.07) is 10.6. The van der Waals surface area contributed by atoms with Crippen molar-refractivity contribution in [1.82, 2.24) is 14.3 Å². The van der Waals surface area contributed by atoms with Gasteiger partial charge in [0.1, 0.15) is 21.3 Å². The lowest BCUT2D eigenvalue weighted by Gasteiger charge is -2.16. The molecule has 0 spiro atoms. The van der Waals surface area contributed by atoms with Crippen LogP contribution in [0.4, 0.5) is 0 Å². The Morgan fingerprint density at radius 3 is 2.69 bits per heavy atom. The Labute approximate surface area is 199 Å². The summed E-state index contributed by atoms with van der Waals surface area (Å²) in [5.74, 6) is 0.463. The molecule has 0 bridgehead atoms. The van der Waals surface area contributed by atoms with E-state index in [1.165, 1.54) is 22.2 Å². The molecule has 0 N–H and O–H groups in total. The minimum absolute atomic E-state index is 0.0755. The number of aromatic nitrogens is 2. The fraction of sp³-hybridized carbons (Fsp3) is 0.217. The van der Waals surface area contributed by atoms with E-state index >= 15 is 0 Å². The van der Waals surface area contributed by atoms with Gasteiger partial charge in [-0.15, -0.1) is 0 Å². The summed E-state index contributed by atoms with van der Waals surface area (Å²) in [5, 5.41) is 0.383. The van der Waals surface area contributed by atoms with Crippen molar-refractivity contribution in [3.63, 3.8) is 0 Å². The van der Waals surface area contributed by atoms with E-state index in [-0.39, 0.29) is 28.8 Å². The summed E-state index contributed by atoms with van der Waals surface area (Å²) < 4.78 is 7.89. The number of amides is 1. The smallest absolute Gasteiger partial charge is 0.269 e. The number of carbonyl (C=O) groups is 1. The lowest BCUT2D eigenvalue weighted by atomic mass is 10.2. The molecule has 1 fully saturated rings. The molecule has 3 aromatic rings. The molecule has 0 atom stereocenters. The van der Waals surface area contributed by atoms with Gasteiger partial charge in [-0.3, -0.25) is 18.9 Å². The number of hydrogen-bond acceptors (Lipinski definition) is 6. The van der Waals surface area contributed by atoms with Gasteiger partial charge in [-0.1, -0.05) is 67.6 Å². The van der Waals surface area contributed by atoms with E-state index in [0.29, 0.717) is 32.2 Å². The fourth-order valence-corrected chi connectivity index (χ4v) is 4.71. The number of aryl methyl sites for hydroxylation is 1. The molecule has 1 aliphatic heterocycles. The molecule has 3 heterocycles. The van der Waals surface area contributed by atoms with Gasteiger partial charge in [0.2, 0.25) is 5.88 Å². The number of carbonyl (C=O) groups excluding carboxylic acids is 1. The third-order valence-corrected chi connectivity index (χ3v) is 6.48. The van der Waals surface area contributed by atoms with Crippen LogP contribution in [0.3, 0.4) is 0 Å². The number of thioether (sulfide) groups is 1. The van der Waals surface area contributed by atoms with Crippen LogP contribution in [0.15, 0.2) is 52.3 Å². The average molecular weight is 486 g/mol. The molecular weight excluding hydrogens is 466 g/mol. The first-order valence-corrected chi connectivity index (χ1v) is 11.6. The number of ether oxygens (including phenoxy) is 1. The van der Waals surface area contributed by atoms with Crippen LogP contribution in [0, 0.1) is 12.8 Å². The van der Waals surface area contributed by atoms with Gasteiger partial charge < -0.3 is 4.74 Å². The Balaban J connectivity index is 1.88. The van der Waals surface area contributed by atoms with Gasteiger partial charge in [-0.05, 0) is 42.7 Å². The van der Waals surface area contributed by atoms with Crippen molar-refractivity contribution in [2.75, 3.05) is 6.54 Å². The fourth-order valence-electron chi connectivity index (χ4n) is 3.28. The molecular formula is C23H20ClN3O3S2. The lowest BCUT2D eigenvalue weighted by Crippen LogP contribution is -2.31. The average Bonchev–Trinajstić information content (AvgIpc) is 3.00. The lowest BCUT2D eigenvalue weighted by molar-refractivity contribution is -0.122. The summed E-state index contributed by atoms with van der Waals surface area (Å²) in [7, 11) is 0. The van der Waals surface area contributed by atoms with Gasteiger partial charge in [0.05, 0.1) is 9.93 Å². The number of benzene rings is 1. The Hall–Kier alpha value is -2.68. The van der Waals surface area contributed by atoms with E-state index in [0.717, 1.165) is 5.56 Å². The molecule has 164 valence electrons. The van der Waals surface area contributed by atoms with Crippen molar-refractivity contribution < 1.29 is 9.53 Å². The largest absolute Gasteiger partial charge is 0.437 e. The van der Waals surface area contributed by atoms with Crippen LogP contribution in [0.5, 0.6) is 11.6 Å². The summed E-state index contributed by atoms with van der Waals surface area (Å²) >= 11 is 12.8. The van der Waals surface area contributed by atoms with E-state index < -0.39 is 0 Å². The van der Waals surface area contributed by atoms with Gasteiger partial charge in [0, 0.05) is 12.7 Å². The van der Waals surface area contributed by atoms with E-state index in [4.69, 9.17) is 28.6 Å². The predicted octanol–water partition coefficient (Wildman–Crippen LogP) is 5.31. The van der Waals surface area contributed by atoms with Crippen LogP contribution in [0.1, 0.15) is 25.0 Å². The molecule has 1 saturated heterocycles. The van der Waals surface area contributed by atoms with E-state index in [1.807, 2.05) is 26.8 Å². The number of halogens is 1. The van der Waals surface area contributed by atoms with Crippen molar-refractivity contribution in [1.29, 1.82) is 0 Å².